The number of rotatable bonds is 2. The standard InChI is InChI=1S/C11H8F3N3O2/c12-11(13,14)8-1-2-9(16-5-8)6-19-10(18)17-4-3-15-7-17/h1-5,7H,6H2. The van der Waals surface area contributed by atoms with E-state index in [9.17, 15) is 18.0 Å². The largest absolute Gasteiger partial charge is 0.442 e. The molecular weight excluding hydrogens is 263 g/mol. The van der Waals surface area contributed by atoms with Crippen LogP contribution >= 0.6 is 0 Å². The minimum atomic E-state index is -4.43. The van der Waals surface area contributed by atoms with Gasteiger partial charge in [-0.1, -0.05) is 0 Å². The Labute approximate surface area is 105 Å². The first-order chi connectivity index (χ1) is 8.97. The molecular formula is C11H8F3N3O2. The van der Waals surface area contributed by atoms with E-state index in [2.05, 4.69) is 9.97 Å². The van der Waals surface area contributed by atoms with Gasteiger partial charge in [-0.15, -0.1) is 0 Å². The minimum absolute atomic E-state index is 0.213. The number of imidazole rings is 1. The molecule has 5 nitrogen and oxygen atoms in total. The molecule has 0 spiro atoms. The van der Waals surface area contributed by atoms with Crippen LogP contribution in [0.4, 0.5) is 18.0 Å². The van der Waals surface area contributed by atoms with Gasteiger partial charge in [-0.05, 0) is 12.1 Å². The lowest BCUT2D eigenvalue weighted by atomic mass is 10.2. The Balaban J connectivity index is 1.95. The summed E-state index contributed by atoms with van der Waals surface area (Å²) in [6, 6.07) is 2.04. The monoisotopic (exact) mass is 271 g/mol. The molecule has 0 aromatic carbocycles. The van der Waals surface area contributed by atoms with E-state index in [0.717, 1.165) is 16.7 Å². The fourth-order valence-electron chi connectivity index (χ4n) is 1.25. The van der Waals surface area contributed by atoms with Crippen LogP contribution in [0.15, 0.2) is 37.1 Å². The van der Waals surface area contributed by atoms with Crippen molar-refractivity contribution in [3.63, 3.8) is 0 Å². The number of hydrogen-bond acceptors (Lipinski definition) is 4. The summed E-state index contributed by atoms with van der Waals surface area (Å²) in [4.78, 5) is 18.6. The third-order valence-corrected chi connectivity index (χ3v) is 2.21. The first-order valence-corrected chi connectivity index (χ1v) is 5.14. The summed E-state index contributed by atoms with van der Waals surface area (Å²) in [5.41, 5.74) is -0.626. The fraction of sp³-hybridized carbons (Fsp3) is 0.182. The molecule has 0 atom stereocenters. The van der Waals surface area contributed by atoms with Gasteiger partial charge in [-0.3, -0.25) is 4.98 Å². The number of aromatic nitrogens is 3. The second-order valence-corrected chi connectivity index (χ2v) is 3.56. The molecule has 0 radical (unpaired) electrons. The zero-order chi connectivity index (χ0) is 13.9. The number of pyridine rings is 1. The first kappa shape index (κ1) is 13.1. The minimum Gasteiger partial charge on any atom is -0.442 e. The van der Waals surface area contributed by atoms with Crippen molar-refractivity contribution in [2.45, 2.75) is 12.8 Å². The van der Waals surface area contributed by atoms with Gasteiger partial charge in [0.25, 0.3) is 0 Å². The number of carbonyl (C=O) groups excluding carboxylic acids is 1. The van der Waals surface area contributed by atoms with Crippen LogP contribution in [0.2, 0.25) is 0 Å². The van der Waals surface area contributed by atoms with Gasteiger partial charge in [0.15, 0.2) is 0 Å². The lowest BCUT2D eigenvalue weighted by Crippen LogP contribution is -2.12. The summed E-state index contributed by atoms with van der Waals surface area (Å²) in [6.07, 6.45) is -0.374. The summed E-state index contributed by atoms with van der Waals surface area (Å²) >= 11 is 0. The molecule has 0 fully saturated rings. The van der Waals surface area contributed by atoms with Crippen molar-refractivity contribution in [2.24, 2.45) is 0 Å². The van der Waals surface area contributed by atoms with Crippen LogP contribution in [-0.2, 0) is 17.5 Å². The zero-order valence-electron chi connectivity index (χ0n) is 9.46. The Morgan fingerprint density at radius 1 is 1.37 bits per heavy atom. The molecule has 2 aromatic heterocycles. The van der Waals surface area contributed by atoms with Gasteiger partial charge in [0.05, 0.1) is 11.3 Å². The third-order valence-electron chi connectivity index (χ3n) is 2.21. The summed E-state index contributed by atoms with van der Waals surface area (Å²) in [7, 11) is 0. The first-order valence-electron chi connectivity index (χ1n) is 5.14. The molecule has 19 heavy (non-hydrogen) atoms. The second kappa shape index (κ2) is 5.09. The summed E-state index contributed by atoms with van der Waals surface area (Å²) in [5, 5.41) is 0. The Morgan fingerprint density at radius 2 is 2.16 bits per heavy atom. The lowest BCUT2D eigenvalue weighted by Gasteiger charge is -2.07. The van der Waals surface area contributed by atoms with Gasteiger partial charge in [0.1, 0.15) is 12.9 Å². The van der Waals surface area contributed by atoms with E-state index in [4.69, 9.17) is 4.74 Å². The molecule has 2 aromatic rings. The molecule has 0 bridgehead atoms. The van der Waals surface area contributed by atoms with E-state index in [-0.39, 0.29) is 12.3 Å². The molecule has 0 saturated heterocycles. The van der Waals surface area contributed by atoms with E-state index in [1.54, 1.807) is 0 Å². The number of carbonyl (C=O) groups is 1. The van der Waals surface area contributed by atoms with Crippen LogP contribution in [0.3, 0.4) is 0 Å². The SMILES string of the molecule is O=C(OCc1ccc(C(F)(F)F)cn1)n1ccnc1. The average Bonchev–Trinajstić information content (AvgIpc) is 2.89. The smallest absolute Gasteiger partial charge is 0.419 e. The predicted octanol–water partition coefficient (Wildman–Crippen LogP) is 2.48. The molecule has 0 amide bonds. The molecule has 2 rings (SSSR count). The summed E-state index contributed by atoms with van der Waals surface area (Å²) in [6.45, 7) is -0.213. The van der Waals surface area contributed by atoms with E-state index in [0.29, 0.717) is 6.20 Å². The quantitative estimate of drug-likeness (QED) is 0.842. The van der Waals surface area contributed by atoms with Crippen LogP contribution in [-0.4, -0.2) is 20.6 Å². The zero-order valence-corrected chi connectivity index (χ0v) is 9.46. The van der Waals surface area contributed by atoms with Crippen LogP contribution < -0.4 is 0 Å². The van der Waals surface area contributed by atoms with Crippen molar-refractivity contribution in [3.05, 3.63) is 48.3 Å². The van der Waals surface area contributed by atoms with E-state index in [1.807, 2.05) is 0 Å². The second-order valence-electron chi connectivity index (χ2n) is 3.56. The van der Waals surface area contributed by atoms with E-state index < -0.39 is 17.8 Å². The highest BCUT2D eigenvalue weighted by Gasteiger charge is 2.30. The molecule has 100 valence electrons. The van der Waals surface area contributed by atoms with Gasteiger partial charge in [-0.2, -0.15) is 13.2 Å². The maximum absolute atomic E-state index is 12.3. The molecule has 0 aliphatic heterocycles. The third kappa shape index (κ3) is 3.30. The highest BCUT2D eigenvalue weighted by molar-refractivity contribution is 5.69. The Kier molecular flexibility index (Phi) is 3.50. The molecule has 0 saturated carbocycles. The Hall–Kier alpha value is -2.38. The van der Waals surface area contributed by atoms with Crippen LogP contribution in [0.1, 0.15) is 11.3 Å². The van der Waals surface area contributed by atoms with Gasteiger partial charge in [0, 0.05) is 18.6 Å². The van der Waals surface area contributed by atoms with Crippen molar-refractivity contribution in [1.82, 2.24) is 14.5 Å². The molecule has 0 N–H and O–H groups in total. The molecule has 2 heterocycles. The number of hydrogen-bond donors (Lipinski definition) is 0. The Morgan fingerprint density at radius 3 is 2.68 bits per heavy atom. The van der Waals surface area contributed by atoms with Gasteiger partial charge < -0.3 is 4.74 Å². The average molecular weight is 271 g/mol. The Bertz CT molecular complexity index is 550. The topological polar surface area (TPSA) is 57.0 Å². The van der Waals surface area contributed by atoms with Gasteiger partial charge in [0.2, 0.25) is 0 Å². The summed E-state index contributed by atoms with van der Waals surface area (Å²) < 4.78 is 42.8. The predicted molar refractivity (Wildman–Crippen MR) is 57.0 cm³/mol. The number of ether oxygens (including phenoxy) is 1. The van der Waals surface area contributed by atoms with E-state index >= 15 is 0 Å². The van der Waals surface area contributed by atoms with Crippen LogP contribution in [0.5, 0.6) is 0 Å². The van der Waals surface area contributed by atoms with Gasteiger partial charge in [-0.25, -0.2) is 14.3 Å². The van der Waals surface area contributed by atoms with Crippen LogP contribution in [0, 0.1) is 0 Å². The normalized spacial score (nSPS) is 11.3. The van der Waals surface area contributed by atoms with Crippen LogP contribution in [0.25, 0.3) is 0 Å². The maximum Gasteiger partial charge on any atom is 0.419 e. The number of nitrogens with zero attached hydrogens (tertiary/aromatic N) is 3. The molecule has 0 unspecified atom stereocenters. The molecule has 8 heteroatoms. The fourth-order valence-corrected chi connectivity index (χ4v) is 1.25. The van der Waals surface area contributed by atoms with Crippen molar-refractivity contribution in [2.75, 3.05) is 0 Å². The maximum atomic E-state index is 12.3. The van der Waals surface area contributed by atoms with Gasteiger partial charge >= 0.3 is 12.3 Å². The number of halogens is 3. The van der Waals surface area contributed by atoms with Crippen molar-refractivity contribution in [1.29, 1.82) is 0 Å². The van der Waals surface area contributed by atoms with Crippen molar-refractivity contribution < 1.29 is 22.7 Å². The molecule has 0 aliphatic rings. The summed E-state index contributed by atoms with van der Waals surface area (Å²) in [5.74, 6) is 0. The highest BCUT2D eigenvalue weighted by atomic mass is 19.4. The highest BCUT2D eigenvalue weighted by Crippen LogP contribution is 2.28. The van der Waals surface area contributed by atoms with Crippen molar-refractivity contribution >= 4 is 6.09 Å². The lowest BCUT2D eigenvalue weighted by molar-refractivity contribution is -0.137. The molecule has 0 aliphatic carbocycles. The van der Waals surface area contributed by atoms with Crippen molar-refractivity contribution in [3.8, 4) is 0 Å². The number of alkyl halides is 3. The van der Waals surface area contributed by atoms with E-state index in [1.165, 1.54) is 18.7 Å².